The Bertz CT molecular complexity index is 1290. The molecule has 0 saturated heterocycles. The molecule has 192 valence electrons. The molecule has 0 aliphatic rings. The van der Waals surface area contributed by atoms with E-state index in [1.54, 1.807) is 19.9 Å². The van der Waals surface area contributed by atoms with Gasteiger partial charge in [0.25, 0.3) is 12.3 Å². The molecular formula is C23H20F5N3O4S. The van der Waals surface area contributed by atoms with Gasteiger partial charge in [0.1, 0.15) is 17.0 Å². The minimum Gasteiger partial charge on any atom is -0.478 e. The van der Waals surface area contributed by atoms with Crippen molar-refractivity contribution in [2.75, 3.05) is 0 Å². The van der Waals surface area contributed by atoms with Crippen molar-refractivity contribution in [2.24, 2.45) is 7.05 Å². The number of aryl methyl sites for hydroxylation is 2. The van der Waals surface area contributed by atoms with E-state index in [4.69, 9.17) is 4.74 Å². The lowest BCUT2D eigenvalue weighted by atomic mass is 10.0. The second-order valence-corrected chi connectivity index (χ2v) is 8.83. The van der Waals surface area contributed by atoms with Crippen LogP contribution >= 0.6 is 11.8 Å². The molecule has 0 aliphatic carbocycles. The van der Waals surface area contributed by atoms with E-state index in [1.807, 2.05) is 0 Å². The molecule has 2 N–H and O–H groups in total. The molecular weight excluding hydrogens is 509 g/mol. The molecule has 0 bridgehead atoms. The van der Waals surface area contributed by atoms with E-state index in [9.17, 15) is 36.6 Å². The summed E-state index contributed by atoms with van der Waals surface area (Å²) >= 11 is -0.378. The van der Waals surface area contributed by atoms with Crippen molar-refractivity contribution < 1.29 is 41.4 Å². The summed E-state index contributed by atoms with van der Waals surface area (Å²) in [5.74, 6) is -2.58. The first-order valence-corrected chi connectivity index (χ1v) is 11.1. The number of amides is 1. The Morgan fingerprint density at radius 1 is 1.17 bits per heavy atom. The van der Waals surface area contributed by atoms with Crippen molar-refractivity contribution >= 4 is 23.6 Å². The van der Waals surface area contributed by atoms with Crippen molar-refractivity contribution in [1.82, 2.24) is 15.1 Å². The van der Waals surface area contributed by atoms with E-state index in [0.29, 0.717) is 11.1 Å². The number of nitrogens with one attached hydrogen (secondary N) is 1. The Morgan fingerprint density at radius 2 is 1.86 bits per heavy atom. The maximum absolute atomic E-state index is 13.7. The van der Waals surface area contributed by atoms with Crippen LogP contribution in [-0.2, 0) is 7.05 Å². The molecule has 2 aromatic carbocycles. The molecule has 3 rings (SSSR count). The highest BCUT2D eigenvalue weighted by Crippen LogP contribution is 2.39. The second kappa shape index (κ2) is 10.6. The van der Waals surface area contributed by atoms with E-state index < -0.39 is 41.1 Å². The third-order valence-electron chi connectivity index (χ3n) is 5.04. The number of halogens is 5. The Morgan fingerprint density at radius 3 is 2.44 bits per heavy atom. The monoisotopic (exact) mass is 529 g/mol. The normalized spacial score (nSPS) is 12.5. The Hall–Kier alpha value is -3.61. The highest BCUT2D eigenvalue weighted by molar-refractivity contribution is 8.00. The lowest BCUT2D eigenvalue weighted by molar-refractivity contribution is -0.0328. The van der Waals surface area contributed by atoms with E-state index in [2.05, 4.69) is 10.4 Å². The highest BCUT2D eigenvalue weighted by Gasteiger charge is 2.32. The molecule has 1 amide bonds. The summed E-state index contributed by atoms with van der Waals surface area (Å²) in [6.45, 7) is 3.15. The van der Waals surface area contributed by atoms with Gasteiger partial charge in [-0.2, -0.15) is 18.3 Å². The zero-order valence-corrected chi connectivity index (χ0v) is 19.9. The fraction of sp³-hybridized carbons (Fsp3) is 0.261. The summed E-state index contributed by atoms with van der Waals surface area (Å²) in [7, 11) is 1.25. The van der Waals surface area contributed by atoms with Crippen LogP contribution < -0.4 is 10.1 Å². The van der Waals surface area contributed by atoms with Crippen molar-refractivity contribution in [3.63, 3.8) is 0 Å². The molecule has 1 aromatic heterocycles. The van der Waals surface area contributed by atoms with Crippen molar-refractivity contribution in [3.05, 3.63) is 70.4 Å². The number of rotatable bonds is 8. The smallest absolute Gasteiger partial charge is 0.446 e. The minimum absolute atomic E-state index is 0.0751. The summed E-state index contributed by atoms with van der Waals surface area (Å²) < 4.78 is 72.0. The fourth-order valence-corrected chi connectivity index (χ4v) is 4.00. The number of ether oxygens (including phenoxy) is 1. The van der Waals surface area contributed by atoms with Crippen molar-refractivity contribution in [3.8, 4) is 11.6 Å². The number of nitrogens with zero attached hydrogens (tertiary/aromatic N) is 2. The third-order valence-corrected chi connectivity index (χ3v) is 5.76. The number of thioether (sulfide) groups is 1. The van der Waals surface area contributed by atoms with Gasteiger partial charge in [0.15, 0.2) is 0 Å². The fourth-order valence-electron chi connectivity index (χ4n) is 3.41. The zero-order valence-electron chi connectivity index (χ0n) is 19.1. The molecule has 0 spiro atoms. The maximum atomic E-state index is 13.7. The minimum atomic E-state index is -4.55. The molecule has 0 radical (unpaired) electrons. The number of carbonyl (C=O) groups is 2. The largest absolute Gasteiger partial charge is 0.478 e. The molecule has 1 atom stereocenters. The molecule has 7 nitrogen and oxygen atoms in total. The van der Waals surface area contributed by atoms with Gasteiger partial charge in [0, 0.05) is 11.9 Å². The van der Waals surface area contributed by atoms with Gasteiger partial charge in [0.05, 0.1) is 11.6 Å². The van der Waals surface area contributed by atoms with Gasteiger partial charge in [-0.1, -0.05) is 18.2 Å². The van der Waals surface area contributed by atoms with Crippen LogP contribution in [0.2, 0.25) is 0 Å². The first kappa shape index (κ1) is 27.0. The van der Waals surface area contributed by atoms with Gasteiger partial charge in [0.2, 0.25) is 5.88 Å². The summed E-state index contributed by atoms with van der Waals surface area (Å²) in [6, 6.07) is 8.54. The summed E-state index contributed by atoms with van der Waals surface area (Å²) in [6.07, 6.45) is -3.14. The lowest BCUT2D eigenvalue weighted by Crippen LogP contribution is -2.27. The zero-order chi connectivity index (χ0) is 26.8. The van der Waals surface area contributed by atoms with Crippen LogP contribution in [0.1, 0.15) is 56.9 Å². The van der Waals surface area contributed by atoms with Crippen LogP contribution in [0.5, 0.6) is 11.6 Å². The number of carbonyl (C=O) groups excluding carboxylic acids is 1. The van der Waals surface area contributed by atoms with Crippen LogP contribution in [0.4, 0.5) is 22.0 Å². The van der Waals surface area contributed by atoms with E-state index in [-0.39, 0.29) is 33.9 Å². The van der Waals surface area contributed by atoms with Gasteiger partial charge in [-0.3, -0.25) is 4.79 Å². The van der Waals surface area contributed by atoms with Crippen LogP contribution in [0.15, 0.2) is 47.4 Å². The van der Waals surface area contributed by atoms with E-state index >= 15 is 0 Å². The predicted octanol–water partition coefficient (Wildman–Crippen LogP) is 6.26. The maximum Gasteiger partial charge on any atom is 0.446 e. The number of aromatic carboxylic acids is 1. The molecule has 3 aromatic rings. The third kappa shape index (κ3) is 6.33. The van der Waals surface area contributed by atoms with Crippen molar-refractivity contribution in [2.45, 2.75) is 36.7 Å². The number of carboxylic acids is 1. The van der Waals surface area contributed by atoms with Crippen LogP contribution in [-0.4, -0.2) is 32.3 Å². The van der Waals surface area contributed by atoms with Gasteiger partial charge in [-0.05, 0) is 61.0 Å². The Kier molecular flexibility index (Phi) is 7.92. The van der Waals surface area contributed by atoms with Gasteiger partial charge in [-0.25, -0.2) is 18.3 Å². The Balaban J connectivity index is 1.92. The van der Waals surface area contributed by atoms with Crippen molar-refractivity contribution in [1.29, 1.82) is 0 Å². The first-order chi connectivity index (χ1) is 16.8. The van der Waals surface area contributed by atoms with E-state index in [1.165, 1.54) is 37.4 Å². The molecule has 0 aliphatic heterocycles. The number of carboxylic acid groups (broad SMARTS) is 1. The predicted molar refractivity (Wildman–Crippen MR) is 121 cm³/mol. The highest BCUT2D eigenvalue weighted by atomic mass is 32.2. The topological polar surface area (TPSA) is 93.5 Å². The molecule has 0 saturated carbocycles. The van der Waals surface area contributed by atoms with Crippen LogP contribution in [0.25, 0.3) is 0 Å². The molecule has 1 unspecified atom stereocenters. The van der Waals surface area contributed by atoms with Gasteiger partial charge < -0.3 is 15.2 Å². The quantitative estimate of drug-likeness (QED) is 0.264. The summed E-state index contributed by atoms with van der Waals surface area (Å²) in [4.78, 5) is 24.1. The van der Waals surface area contributed by atoms with Crippen LogP contribution in [0, 0.1) is 6.92 Å². The number of hydrogen-bond donors (Lipinski definition) is 2. The first-order valence-electron chi connectivity index (χ1n) is 10.3. The molecule has 36 heavy (non-hydrogen) atoms. The standard InChI is InChI=1S/C23H20F5N3O4S/c1-11-9-13(7-8-16(11)22(33)34)12(2)29-20(32)17-18(19(24)25)30-31(3)21(17)35-14-5-4-6-15(10-14)36-23(26,27)28/h4-10,12,19H,1-3H3,(H,29,32)(H,33,34). The number of hydrogen-bond acceptors (Lipinski definition) is 5. The molecule has 13 heteroatoms. The average molecular weight is 529 g/mol. The second-order valence-electron chi connectivity index (χ2n) is 7.69. The Labute approximate surface area is 206 Å². The SMILES string of the molecule is Cc1cc(C(C)NC(=O)c2c(C(F)F)nn(C)c2Oc2cccc(SC(F)(F)F)c2)ccc1C(=O)O. The average Bonchev–Trinajstić information content (AvgIpc) is 3.08. The molecule has 1 heterocycles. The number of alkyl halides is 5. The van der Waals surface area contributed by atoms with E-state index in [0.717, 1.165) is 10.7 Å². The number of aromatic nitrogens is 2. The van der Waals surface area contributed by atoms with Gasteiger partial charge in [-0.15, -0.1) is 0 Å². The van der Waals surface area contributed by atoms with Crippen LogP contribution in [0.3, 0.4) is 0 Å². The summed E-state index contributed by atoms with van der Waals surface area (Å²) in [5.41, 5.74) is -4.95. The number of benzene rings is 2. The van der Waals surface area contributed by atoms with Gasteiger partial charge >= 0.3 is 11.5 Å². The molecule has 0 fully saturated rings. The lowest BCUT2D eigenvalue weighted by Gasteiger charge is -2.17. The summed E-state index contributed by atoms with van der Waals surface area (Å²) in [5, 5.41) is 15.4.